The number of carbonyl (C=O) groups excluding carboxylic acids is 7. The van der Waals surface area contributed by atoms with E-state index in [0.717, 1.165) is 64.6 Å². The second kappa shape index (κ2) is 55.5. The van der Waals surface area contributed by atoms with Gasteiger partial charge in [0.25, 0.3) is 0 Å². The monoisotopic (exact) mass is 1440 g/mol. The molecule has 0 saturated heterocycles. The van der Waals surface area contributed by atoms with Crippen LogP contribution in [0.5, 0.6) is 0 Å². The van der Waals surface area contributed by atoms with Gasteiger partial charge < -0.3 is 66.3 Å². The third-order valence-corrected chi connectivity index (χ3v) is 19.5. The maximum Gasteiger partial charge on any atom is 0.313 e. The molecule has 3 rings (SSSR count). The second-order valence-corrected chi connectivity index (χ2v) is 31.4. The van der Waals surface area contributed by atoms with Crippen molar-refractivity contribution in [3.63, 3.8) is 0 Å². The Morgan fingerprint density at radius 1 is 0.370 bits per heavy atom. The topological polar surface area (TPSA) is 249 Å². The maximum absolute atomic E-state index is 11.7. The van der Waals surface area contributed by atoms with E-state index in [4.69, 9.17) is 61.6 Å². The molecule has 3 saturated carbocycles. The lowest BCUT2D eigenvalue weighted by Gasteiger charge is -2.33. The highest BCUT2D eigenvalue weighted by molar-refractivity contribution is 5.78. The van der Waals surface area contributed by atoms with E-state index in [1.165, 1.54) is 104 Å². The van der Waals surface area contributed by atoms with Crippen LogP contribution in [0.15, 0.2) is 0 Å². The van der Waals surface area contributed by atoms with Crippen LogP contribution in [-0.4, -0.2) is 136 Å². The average Bonchev–Trinajstić information content (AvgIpc) is 1.09. The highest BCUT2D eigenvalue weighted by Crippen LogP contribution is 2.36. The average molecular weight is 1440 g/mol. The normalized spacial score (nSPS) is 15.6. The quantitative estimate of drug-likeness (QED) is 0.0243. The maximum atomic E-state index is 11.7. The number of rotatable bonds is 37. The van der Waals surface area contributed by atoms with Crippen LogP contribution in [0.3, 0.4) is 0 Å². The lowest BCUT2D eigenvalue weighted by Crippen LogP contribution is -2.30. The predicted octanol–water partition coefficient (Wildman–Crippen LogP) is 18.8. The number of carbonyl (C=O) groups is 7. The molecule has 0 N–H and O–H groups in total. The Morgan fingerprint density at radius 3 is 0.950 bits per heavy atom. The summed E-state index contributed by atoms with van der Waals surface area (Å²) in [5.74, 6) is 0.0478. The molecule has 2 atom stereocenters. The van der Waals surface area contributed by atoms with Crippen molar-refractivity contribution in [1.29, 1.82) is 0 Å². The number of hydrogen-bond acceptors (Lipinski definition) is 21. The van der Waals surface area contributed by atoms with Crippen molar-refractivity contribution < 1.29 is 99.9 Å². The smallest absolute Gasteiger partial charge is 0.313 e. The van der Waals surface area contributed by atoms with Crippen molar-refractivity contribution in [3.05, 3.63) is 0 Å². The molecule has 21 heteroatoms. The van der Waals surface area contributed by atoms with Crippen LogP contribution >= 0.6 is 0 Å². The zero-order valence-corrected chi connectivity index (χ0v) is 69.0. The van der Waals surface area contributed by atoms with E-state index >= 15 is 0 Å². The van der Waals surface area contributed by atoms with Gasteiger partial charge in [-0.1, -0.05) is 114 Å². The minimum atomic E-state index is -0.455. The highest BCUT2D eigenvalue weighted by Gasteiger charge is 2.33. The molecule has 100 heavy (non-hydrogen) atoms. The Kier molecular flexibility index (Phi) is 56.8. The summed E-state index contributed by atoms with van der Waals surface area (Å²) < 4.78 is 71.2. The molecule has 0 radical (unpaired) electrons. The lowest BCUT2D eigenvalue weighted by molar-refractivity contribution is -0.184. The van der Waals surface area contributed by atoms with Crippen molar-refractivity contribution in [2.24, 2.45) is 55.2 Å². The van der Waals surface area contributed by atoms with E-state index in [2.05, 4.69) is 11.7 Å². The first-order valence-electron chi connectivity index (χ1n) is 37.7. The van der Waals surface area contributed by atoms with Gasteiger partial charge in [-0.25, -0.2) is 0 Å². The molecule has 21 nitrogen and oxygen atoms in total. The first-order valence-corrected chi connectivity index (χ1v) is 37.7. The van der Waals surface area contributed by atoms with Crippen LogP contribution in [0, 0.1) is 55.2 Å². The van der Waals surface area contributed by atoms with Gasteiger partial charge in [0.2, 0.25) is 0 Å². The van der Waals surface area contributed by atoms with Gasteiger partial charge in [0.05, 0.1) is 64.3 Å². The number of hydrogen-bond donors (Lipinski definition) is 0. The molecular formula is C79H152O21. The van der Waals surface area contributed by atoms with Gasteiger partial charge in [0.15, 0.2) is 46.5 Å². The fourth-order valence-electron chi connectivity index (χ4n) is 8.42. The van der Waals surface area contributed by atoms with Gasteiger partial charge in [0.1, 0.15) is 0 Å². The summed E-state index contributed by atoms with van der Waals surface area (Å²) in [4.78, 5) is 80.3. The Morgan fingerprint density at radius 2 is 0.650 bits per heavy atom. The van der Waals surface area contributed by atoms with Gasteiger partial charge in [-0.15, -0.1) is 0 Å². The molecule has 0 bridgehead atoms. The van der Waals surface area contributed by atoms with Crippen LogP contribution < -0.4 is 0 Å². The highest BCUT2D eigenvalue weighted by atomic mass is 16.7. The van der Waals surface area contributed by atoms with Crippen molar-refractivity contribution in [3.8, 4) is 0 Å². The third kappa shape index (κ3) is 48.9. The summed E-state index contributed by atoms with van der Waals surface area (Å²) in [6, 6.07) is 0. The van der Waals surface area contributed by atoms with E-state index in [-0.39, 0.29) is 81.2 Å². The minimum absolute atomic E-state index is 0.0439. The van der Waals surface area contributed by atoms with Gasteiger partial charge in [-0.3, -0.25) is 33.6 Å². The summed E-state index contributed by atoms with van der Waals surface area (Å²) in [6.45, 7) is 53.5. The van der Waals surface area contributed by atoms with Crippen LogP contribution in [0.1, 0.15) is 321 Å². The molecular weight excluding hydrogens is 1280 g/mol. The molecule has 3 fully saturated rings. The zero-order chi connectivity index (χ0) is 77.9. The molecule has 0 aromatic carbocycles. The predicted molar refractivity (Wildman–Crippen MR) is 394 cm³/mol. The molecule has 0 amide bonds. The van der Waals surface area contributed by atoms with Gasteiger partial charge in [-0.05, 0) is 225 Å². The Balaban J connectivity index is -0.000000541. The first-order chi connectivity index (χ1) is 46.5. The number of methoxy groups -OCH3 is 2. The molecule has 3 aliphatic rings. The number of esters is 7. The SMILES string of the molecule is CCC(C)(C)C(=O)OC(C)OC.CCC(C)(C)C(=O)OCOC.CCC(C)(C)C(=O)OCOCC1(C)CCCCC1.CCC(C)(C)C(=O)OCOCC1CCCC1.CCC(C)(C)C(=O)OCOCC1CCCCC1.CCCOCOC(=O)C(C)(C)CC.CCOC(C)OC(=O)C(C)(C)CC. The van der Waals surface area contributed by atoms with Gasteiger partial charge in [-0.2, -0.15) is 0 Å². The standard InChI is InChI=1S/C15H28O3.C14H26O3.C13H24O3.2C10H20O3.C9H18O3.C8H16O3/c1-5-14(2,3)13(16)18-12-17-11-15(4)9-7-6-8-10-15;1-4-14(2,3)13(15)17-11-16-10-12-8-6-5-7-9-12;1-4-13(2,3)12(14)16-10-15-9-11-7-5-6-8-11;1-6-10(4,5)9(11)13-8(3)12-7-2;1-5-7-12-8-13-9(11)10(3,4)6-2;1-6-9(3,4)8(10)12-7(2)11-5;1-5-8(2,3)7(9)11-6-10-4/h5-12H2,1-4H3;12H,4-11H2,1-3H3;11H,4-10H2,1-3H3;8H,6-7H2,1-5H3;5-8H2,1-4H3;7H,6H2,1-5H3;5-6H2,1-4H3. The molecule has 3 aliphatic carbocycles. The van der Waals surface area contributed by atoms with Crippen LogP contribution in [0.4, 0.5) is 0 Å². The van der Waals surface area contributed by atoms with E-state index in [0.29, 0.717) is 31.7 Å². The summed E-state index contributed by atoms with van der Waals surface area (Å²) in [7, 11) is 3.00. The van der Waals surface area contributed by atoms with E-state index in [9.17, 15) is 33.6 Å². The van der Waals surface area contributed by atoms with Crippen LogP contribution in [-0.2, 0) is 99.9 Å². The number of ether oxygens (including phenoxy) is 14. The van der Waals surface area contributed by atoms with E-state index in [1.807, 2.05) is 159 Å². The molecule has 594 valence electrons. The lowest BCUT2D eigenvalue weighted by atomic mass is 9.76. The van der Waals surface area contributed by atoms with Crippen LogP contribution in [0.2, 0.25) is 0 Å². The molecule has 0 heterocycles. The zero-order valence-electron chi connectivity index (χ0n) is 69.0. The van der Waals surface area contributed by atoms with Gasteiger partial charge in [0, 0.05) is 20.8 Å². The third-order valence-electron chi connectivity index (χ3n) is 19.5. The summed E-state index contributed by atoms with van der Waals surface area (Å²) >= 11 is 0. The molecule has 0 aliphatic heterocycles. The minimum Gasteiger partial charge on any atom is -0.438 e. The second-order valence-electron chi connectivity index (χ2n) is 31.4. The van der Waals surface area contributed by atoms with Crippen molar-refractivity contribution in [2.45, 2.75) is 334 Å². The van der Waals surface area contributed by atoms with Gasteiger partial charge >= 0.3 is 41.8 Å². The summed E-state index contributed by atoms with van der Waals surface area (Å²) in [5.41, 5.74) is -2.51. The van der Waals surface area contributed by atoms with E-state index in [1.54, 1.807) is 13.8 Å². The largest absolute Gasteiger partial charge is 0.438 e. The Bertz CT molecular complexity index is 2130. The van der Waals surface area contributed by atoms with Crippen molar-refractivity contribution in [1.82, 2.24) is 0 Å². The summed E-state index contributed by atoms with van der Waals surface area (Å²) in [5, 5.41) is 0. The van der Waals surface area contributed by atoms with Crippen molar-refractivity contribution in [2.75, 3.05) is 81.2 Å². The summed E-state index contributed by atoms with van der Waals surface area (Å²) in [6.07, 6.45) is 23.5. The Labute approximate surface area is 609 Å². The first kappa shape index (κ1) is 102. The Hall–Kier alpha value is -3.99. The molecule has 2 unspecified atom stereocenters. The van der Waals surface area contributed by atoms with Crippen molar-refractivity contribution >= 4 is 41.8 Å². The van der Waals surface area contributed by atoms with Crippen LogP contribution in [0.25, 0.3) is 0 Å². The van der Waals surface area contributed by atoms with E-state index < -0.39 is 50.5 Å². The molecule has 0 spiro atoms. The fourth-order valence-corrected chi connectivity index (χ4v) is 8.42. The fraction of sp³-hybridized carbons (Fsp3) is 0.911. The molecule has 0 aromatic heterocycles. The molecule has 0 aromatic rings.